The lowest BCUT2D eigenvalue weighted by molar-refractivity contribution is 0.0978. The minimum atomic E-state index is 0.0737. The molecule has 1 heterocycles. The number of unbranched alkanes of at least 4 members (excludes halogenated alkanes) is 1. The highest BCUT2D eigenvalue weighted by Crippen LogP contribution is 2.12. The molecule has 0 bridgehead atoms. The van der Waals surface area contributed by atoms with E-state index in [4.69, 9.17) is 11.5 Å². The maximum atomic E-state index is 11.8. The van der Waals surface area contributed by atoms with E-state index < -0.39 is 0 Å². The van der Waals surface area contributed by atoms with Gasteiger partial charge in [-0.25, -0.2) is 4.98 Å². The van der Waals surface area contributed by atoms with E-state index in [9.17, 15) is 4.79 Å². The number of nitrogen functional groups attached to an aromatic ring is 2. The molecule has 94 valence electrons. The number of anilines is 2. The van der Waals surface area contributed by atoms with E-state index in [0.29, 0.717) is 23.6 Å². The zero-order chi connectivity index (χ0) is 12.8. The van der Waals surface area contributed by atoms with Crippen LogP contribution in [0.3, 0.4) is 0 Å². The van der Waals surface area contributed by atoms with Crippen molar-refractivity contribution in [3.8, 4) is 0 Å². The van der Waals surface area contributed by atoms with Crippen molar-refractivity contribution in [3.05, 3.63) is 17.7 Å². The Labute approximate surface area is 102 Å². The number of carbonyl (C=O) groups excluding carboxylic acids is 1. The molecule has 0 saturated heterocycles. The van der Waals surface area contributed by atoms with Crippen LogP contribution in [-0.2, 0) is 0 Å². The van der Waals surface area contributed by atoms with Gasteiger partial charge in [0.1, 0.15) is 11.6 Å². The zero-order valence-electron chi connectivity index (χ0n) is 10.4. The summed E-state index contributed by atoms with van der Waals surface area (Å²) in [6.45, 7) is 0.994. The Morgan fingerprint density at radius 2 is 1.82 bits per heavy atom. The standard InChI is InChI=1S/C12H20N4O/c1-16(2)6-4-3-5-10(17)9-7-11(13)15-12(14)8-9/h7-8H,3-6H2,1-2H3,(H4,13,14,15). The molecule has 0 aliphatic rings. The minimum absolute atomic E-state index is 0.0737. The van der Waals surface area contributed by atoms with Crippen molar-refractivity contribution in [2.24, 2.45) is 0 Å². The molecule has 0 aliphatic carbocycles. The molecule has 5 nitrogen and oxygen atoms in total. The first-order valence-corrected chi connectivity index (χ1v) is 5.70. The summed E-state index contributed by atoms with van der Waals surface area (Å²) in [5.41, 5.74) is 11.6. The van der Waals surface area contributed by atoms with E-state index in [0.717, 1.165) is 19.4 Å². The molecule has 1 aromatic rings. The molecule has 0 atom stereocenters. The van der Waals surface area contributed by atoms with Crippen molar-refractivity contribution in [2.45, 2.75) is 19.3 Å². The van der Waals surface area contributed by atoms with E-state index in [1.807, 2.05) is 14.1 Å². The van der Waals surface area contributed by atoms with Crippen LogP contribution in [0.15, 0.2) is 12.1 Å². The number of aromatic nitrogens is 1. The lowest BCUT2D eigenvalue weighted by atomic mass is 10.1. The predicted molar refractivity (Wildman–Crippen MR) is 69.8 cm³/mol. The van der Waals surface area contributed by atoms with Gasteiger partial charge in [-0.05, 0) is 45.6 Å². The maximum absolute atomic E-state index is 11.8. The van der Waals surface area contributed by atoms with Crippen LogP contribution in [0.1, 0.15) is 29.6 Å². The molecule has 0 aromatic carbocycles. The van der Waals surface area contributed by atoms with Gasteiger partial charge >= 0.3 is 0 Å². The monoisotopic (exact) mass is 236 g/mol. The molecule has 0 aliphatic heterocycles. The van der Waals surface area contributed by atoms with Crippen molar-refractivity contribution in [1.29, 1.82) is 0 Å². The second kappa shape index (κ2) is 6.20. The summed E-state index contributed by atoms with van der Waals surface area (Å²) in [6, 6.07) is 3.15. The number of ketones is 1. The number of hydrogen-bond donors (Lipinski definition) is 2. The molecule has 0 spiro atoms. The number of nitrogens with zero attached hydrogens (tertiary/aromatic N) is 2. The average molecular weight is 236 g/mol. The normalized spacial score (nSPS) is 10.8. The fraction of sp³-hybridized carbons (Fsp3) is 0.500. The number of Topliss-reactive ketones (excluding diaryl/α,β-unsaturated/α-hetero) is 1. The lowest BCUT2D eigenvalue weighted by Crippen LogP contribution is -2.13. The molecule has 0 radical (unpaired) electrons. The number of rotatable bonds is 6. The first-order valence-electron chi connectivity index (χ1n) is 5.70. The average Bonchev–Trinajstić information content (AvgIpc) is 2.22. The van der Waals surface area contributed by atoms with Crippen LogP contribution in [0.2, 0.25) is 0 Å². The summed E-state index contributed by atoms with van der Waals surface area (Å²) in [5, 5.41) is 0. The third-order valence-corrected chi connectivity index (χ3v) is 2.45. The predicted octanol–water partition coefficient (Wildman–Crippen LogP) is 1.16. The van der Waals surface area contributed by atoms with Gasteiger partial charge < -0.3 is 16.4 Å². The molecule has 1 aromatic heterocycles. The van der Waals surface area contributed by atoms with Crippen molar-refractivity contribution < 1.29 is 4.79 Å². The third kappa shape index (κ3) is 4.82. The van der Waals surface area contributed by atoms with E-state index in [2.05, 4.69) is 9.88 Å². The van der Waals surface area contributed by atoms with Gasteiger partial charge in [-0.1, -0.05) is 0 Å². The van der Waals surface area contributed by atoms with Crippen LogP contribution in [0, 0.1) is 0 Å². The van der Waals surface area contributed by atoms with Crippen LogP contribution in [0.5, 0.6) is 0 Å². The summed E-state index contributed by atoms with van der Waals surface area (Å²) >= 11 is 0. The van der Waals surface area contributed by atoms with Crippen molar-refractivity contribution in [2.75, 3.05) is 32.1 Å². The Morgan fingerprint density at radius 3 is 2.35 bits per heavy atom. The van der Waals surface area contributed by atoms with Gasteiger partial charge in [0.05, 0.1) is 0 Å². The van der Waals surface area contributed by atoms with Gasteiger partial charge in [-0.2, -0.15) is 0 Å². The topological polar surface area (TPSA) is 85.2 Å². The Bertz CT molecular complexity index is 370. The Hall–Kier alpha value is -1.62. The first-order chi connectivity index (χ1) is 7.99. The van der Waals surface area contributed by atoms with Gasteiger partial charge in [0.2, 0.25) is 0 Å². The number of hydrogen-bond acceptors (Lipinski definition) is 5. The molecule has 0 fully saturated rings. The second-order valence-corrected chi connectivity index (χ2v) is 4.39. The zero-order valence-corrected chi connectivity index (χ0v) is 10.4. The van der Waals surface area contributed by atoms with Gasteiger partial charge in [0.25, 0.3) is 0 Å². The molecule has 0 unspecified atom stereocenters. The second-order valence-electron chi connectivity index (χ2n) is 4.39. The molecular formula is C12H20N4O. The summed E-state index contributed by atoms with van der Waals surface area (Å²) in [5.74, 6) is 0.660. The van der Waals surface area contributed by atoms with Crippen LogP contribution < -0.4 is 11.5 Å². The van der Waals surface area contributed by atoms with E-state index >= 15 is 0 Å². The van der Waals surface area contributed by atoms with Crippen LogP contribution in [0.4, 0.5) is 11.6 Å². The maximum Gasteiger partial charge on any atom is 0.163 e. The fourth-order valence-corrected chi connectivity index (χ4v) is 1.59. The Kier molecular flexibility index (Phi) is 4.90. The summed E-state index contributed by atoms with van der Waals surface area (Å²) in [4.78, 5) is 17.8. The Balaban J connectivity index is 2.47. The van der Waals surface area contributed by atoms with Crippen LogP contribution in [-0.4, -0.2) is 36.3 Å². The lowest BCUT2D eigenvalue weighted by Gasteiger charge is -2.08. The molecule has 4 N–H and O–H groups in total. The molecule has 0 saturated carbocycles. The molecular weight excluding hydrogens is 216 g/mol. The molecule has 17 heavy (non-hydrogen) atoms. The largest absolute Gasteiger partial charge is 0.384 e. The Morgan fingerprint density at radius 1 is 1.24 bits per heavy atom. The van der Waals surface area contributed by atoms with Crippen molar-refractivity contribution in [1.82, 2.24) is 9.88 Å². The highest BCUT2D eigenvalue weighted by molar-refractivity contribution is 5.97. The first kappa shape index (κ1) is 13.4. The quantitative estimate of drug-likeness (QED) is 0.572. The minimum Gasteiger partial charge on any atom is -0.384 e. The van der Waals surface area contributed by atoms with E-state index in [1.165, 1.54) is 0 Å². The summed E-state index contributed by atoms with van der Waals surface area (Å²) in [7, 11) is 4.04. The van der Waals surface area contributed by atoms with E-state index in [1.54, 1.807) is 12.1 Å². The highest BCUT2D eigenvalue weighted by Gasteiger charge is 2.07. The molecule has 0 amide bonds. The molecule has 5 heteroatoms. The summed E-state index contributed by atoms with van der Waals surface area (Å²) in [6.07, 6.45) is 2.41. The smallest absolute Gasteiger partial charge is 0.163 e. The SMILES string of the molecule is CN(C)CCCCC(=O)c1cc(N)nc(N)c1. The third-order valence-electron chi connectivity index (χ3n) is 2.45. The van der Waals surface area contributed by atoms with Gasteiger partial charge in [-0.15, -0.1) is 0 Å². The van der Waals surface area contributed by atoms with Crippen molar-refractivity contribution >= 4 is 17.4 Å². The number of nitrogens with two attached hydrogens (primary N) is 2. The fourth-order valence-electron chi connectivity index (χ4n) is 1.59. The number of carbonyl (C=O) groups is 1. The van der Waals surface area contributed by atoms with Gasteiger partial charge in [-0.3, -0.25) is 4.79 Å². The van der Waals surface area contributed by atoms with Crippen LogP contribution >= 0.6 is 0 Å². The van der Waals surface area contributed by atoms with Crippen LogP contribution in [0.25, 0.3) is 0 Å². The number of pyridine rings is 1. The molecule has 1 rings (SSSR count). The van der Waals surface area contributed by atoms with E-state index in [-0.39, 0.29) is 5.78 Å². The highest BCUT2D eigenvalue weighted by atomic mass is 16.1. The van der Waals surface area contributed by atoms with Gasteiger partial charge in [0, 0.05) is 12.0 Å². The summed E-state index contributed by atoms with van der Waals surface area (Å²) < 4.78 is 0. The van der Waals surface area contributed by atoms with Crippen molar-refractivity contribution in [3.63, 3.8) is 0 Å². The van der Waals surface area contributed by atoms with Gasteiger partial charge in [0.15, 0.2) is 5.78 Å².